The Morgan fingerprint density at radius 1 is 0.208 bits per heavy atom. The van der Waals surface area contributed by atoms with Gasteiger partial charge in [-0.15, -0.1) is 0 Å². The van der Waals surface area contributed by atoms with Gasteiger partial charge in [0.25, 0.3) is 0 Å². The van der Waals surface area contributed by atoms with Crippen LogP contribution >= 0.6 is 0 Å². The molecule has 0 unspecified atom stereocenters. The van der Waals surface area contributed by atoms with E-state index in [4.69, 9.17) is 11.3 Å². The standard InChI is InChI=1S/4C12H10O.Zr/c4*13-12-9-5-4-8-11(12)10-6-2-1-3-7-10;/h4*1-9,13H;/q;;;;+4/p-4. The third kappa shape index (κ3) is 7.87. The minimum atomic E-state index is -5.55. The number of hydrogen-bond donors (Lipinski definition) is 0. The van der Waals surface area contributed by atoms with E-state index in [1.807, 2.05) is 146 Å². The Morgan fingerprint density at radius 3 is 0.623 bits per heavy atom. The van der Waals surface area contributed by atoms with Gasteiger partial charge in [-0.1, -0.05) is 0 Å². The van der Waals surface area contributed by atoms with E-state index in [0.29, 0.717) is 23.0 Å². The van der Waals surface area contributed by atoms with E-state index in [1.54, 1.807) is 0 Å². The molecule has 0 fully saturated rings. The Hall–Kier alpha value is -6.16. The van der Waals surface area contributed by atoms with Crippen LogP contribution in [-0.2, 0) is 22.0 Å². The van der Waals surface area contributed by atoms with Crippen LogP contribution in [0.1, 0.15) is 0 Å². The molecule has 256 valence electrons. The molecule has 0 atom stereocenters. The summed E-state index contributed by atoms with van der Waals surface area (Å²) in [5.74, 6) is 2.39. The Kier molecular flexibility index (Phi) is 10.3. The monoisotopic (exact) mass is 766 g/mol. The second-order valence-corrected chi connectivity index (χ2v) is 16.8. The van der Waals surface area contributed by atoms with Gasteiger partial charge in [-0.3, -0.25) is 0 Å². The molecule has 0 saturated heterocycles. The quantitative estimate of drug-likeness (QED) is 0.124. The number of para-hydroxylation sites is 4. The molecule has 0 N–H and O–H groups in total. The molecule has 0 aliphatic heterocycles. The molecule has 0 radical (unpaired) electrons. The van der Waals surface area contributed by atoms with Gasteiger partial charge in [-0.05, 0) is 0 Å². The minimum absolute atomic E-state index is 0.598. The van der Waals surface area contributed by atoms with Crippen LogP contribution in [0.3, 0.4) is 0 Å². The second kappa shape index (κ2) is 16.0. The van der Waals surface area contributed by atoms with E-state index in [-0.39, 0.29) is 0 Å². The zero-order valence-electron chi connectivity index (χ0n) is 28.9. The molecule has 0 aromatic heterocycles. The number of rotatable bonds is 12. The van der Waals surface area contributed by atoms with Crippen molar-refractivity contribution in [2.75, 3.05) is 0 Å². The Balaban J connectivity index is 1.36. The van der Waals surface area contributed by atoms with Gasteiger partial charge in [0.1, 0.15) is 0 Å². The van der Waals surface area contributed by atoms with Crippen LogP contribution in [0.2, 0.25) is 0 Å². The van der Waals surface area contributed by atoms with Gasteiger partial charge >= 0.3 is 319 Å². The molecule has 0 bridgehead atoms. The van der Waals surface area contributed by atoms with Crippen LogP contribution in [0.15, 0.2) is 218 Å². The van der Waals surface area contributed by atoms with Crippen molar-refractivity contribution in [3.8, 4) is 67.5 Å². The van der Waals surface area contributed by atoms with Crippen LogP contribution in [-0.4, -0.2) is 0 Å². The van der Waals surface area contributed by atoms with Gasteiger partial charge in [0.2, 0.25) is 0 Å². The molecule has 8 rings (SSSR count). The maximum atomic E-state index is 7.32. The molecule has 0 aliphatic rings. The summed E-state index contributed by atoms with van der Waals surface area (Å²) in [6, 6.07) is 72.7. The van der Waals surface area contributed by atoms with E-state index < -0.39 is 22.0 Å². The first-order valence-corrected chi connectivity index (χ1v) is 21.6. The molecule has 53 heavy (non-hydrogen) atoms. The first kappa shape index (κ1) is 34.0. The van der Waals surface area contributed by atoms with Crippen LogP contribution in [0.4, 0.5) is 0 Å². The van der Waals surface area contributed by atoms with Crippen molar-refractivity contribution in [3.63, 3.8) is 0 Å². The van der Waals surface area contributed by atoms with Gasteiger partial charge in [0, 0.05) is 0 Å². The van der Waals surface area contributed by atoms with Crippen molar-refractivity contribution < 1.29 is 33.3 Å². The zero-order chi connectivity index (χ0) is 35.7. The first-order chi connectivity index (χ1) is 26.2. The topological polar surface area (TPSA) is 36.9 Å². The van der Waals surface area contributed by atoms with Gasteiger partial charge in [-0.25, -0.2) is 0 Å². The number of hydrogen-bond acceptors (Lipinski definition) is 4. The molecule has 5 heteroatoms. The molecular weight excluding hydrogens is 732 g/mol. The second-order valence-electron chi connectivity index (χ2n) is 12.4. The van der Waals surface area contributed by atoms with Crippen molar-refractivity contribution >= 4 is 0 Å². The fourth-order valence-electron chi connectivity index (χ4n) is 6.31. The summed E-state index contributed by atoms with van der Waals surface area (Å²) in [5, 5.41) is 0. The van der Waals surface area contributed by atoms with Crippen molar-refractivity contribution in [1.29, 1.82) is 0 Å². The molecule has 0 heterocycles. The summed E-state index contributed by atoms with van der Waals surface area (Å²) in [7, 11) is 0. The molecule has 8 aromatic carbocycles. The third-order valence-electron chi connectivity index (χ3n) is 8.83. The van der Waals surface area contributed by atoms with Crippen molar-refractivity contribution in [1.82, 2.24) is 0 Å². The fourth-order valence-corrected chi connectivity index (χ4v) is 11.3. The van der Waals surface area contributed by atoms with Gasteiger partial charge in [-0.2, -0.15) is 0 Å². The predicted molar refractivity (Wildman–Crippen MR) is 210 cm³/mol. The van der Waals surface area contributed by atoms with Crippen LogP contribution in [0, 0.1) is 0 Å². The normalized spacial score (nSPS) is 11.0. The van der Waals surface area contributed by atoms with E-state index in [0.717, 1.165) is 44.5 Å². The third-order valence-corrected chi connectivity index (χ3v) is 13.4. The van der Waals surface area contributed by atoms with Gasteiger partial charge < -0.3 is 0 Å². The molecule has 8 aromatic rings. The summed E-state index contributed by atoms with van der Waals surface area (Å²) in [6.45, 7) is 0. The Morgan fingerprint density at radius 2 is 0.396 bits per heavy atom. The fraction of sp³-hybridized carbons (Fsp3) is 0. The van der Waals surface area contributed by atoms with Crippen molar-refractivity contribution in [2.24, 2.45) is 0 Å². The summed E-state index contributed by atoms with van der Waals surface area (Å²) >= 11 is -5.55. The van der Waals surface area contributed by atoms with Gasteiger partial charge in [0.05, 0.1) is 0 Å². The van der Waals surface area contributed by atoms with E-state index in [9.17, 15) is 0 Å². The van der Waals surface area contributed by atoms with Crippen molar-refractivity contribution in [2.45, 2.75) is 0 Å². The predicted octanol–water partition coefficient (Wildman–Crippen LogP) is 12.8. The molecule has 0 aliphatic carbocycles. The van der Waals surface area contributed by atoms with Crippen molar-refractivity contribution in [3.05, 3.63) is 218 Å². The molecule has 0 spiro atoms. The summed E-state index contributed by atoms with van der Waals surface area (Å²) in [4.78, 5) is 0. The molecule has 0 saturated carbocycles. The van der Waals surface area contributed by atoms with Gasteiger partial charge in [0.15, 0.2) is 0 Å². The van der Waals surface area contributed by atoms with E-state index in [2.05, 4.69) is 72.8 Å². The Labute approximate surface area is 317 Å². The zero-order valence-corrected chi connectivity index (χ0v) is 31.4. The average Bonchev–Trinajstić information content (AvgIpc) is 3.23. The SMILES string of the molecule is c1ccc(-c2ccccc2[O][Zr]([O]c2ccccc2-c2ccccc2)([O]c2ccccc2-c2ccccc2)[O]c2ccccc2-c2ccccc2)cc1. The Bertz CT molecular complexity index is 2060. The molecule has 4 nitrogen and oxygen atoms in total. The van der Waals surface area contributed by atoms with E-state index in [1.165, 1.54) is 0 Å². The summed E-state index contributed by atoms with van der Waals surface area (Å²) < 4.78 is 29.3. The van der Waals surface area contributed by atoms with E-state index >= 15 is 0 Å². The van der Waals surface area contributed by atoms with Crippen LogP contribution in [0.25, 0.3) is 44.5 Å². The number of benzene rings is 8. The van der Waals surface area contributed by atoms with Crippen LogP contribution in [0.5, 0.6) is 23.0 Å². The summed E-state index contributed by atoms with van der Waals surface area (Å²) in [6.07, 6.45) is 0. The average molecular weight is 768 g/mol. The molecular formula is C48H36O4Zr. The molecule has 0 amide bonds. The maximum absolute atomic E-state index is 7.32. The van der Waals surface area contributed by atoms with Crippen LogP contribution < -0.4 is 11.3 Å². The first-order valence-electron chi connectivity index (χ1n) is 17.6. The summed E-state index contributed by atoms with van der Waals surface area (Å²) in [5.41, 5.74) is 7.60.